The van der Waals surface area contributed by atoms with Gasteiger partial charge in [0.25, 0.3) is 0 Å². The van der Waals surface area contributed by atoms with E-state index in [-0.39, 0.29) is 0 Å². The first kappa shape index (κ1) is 10.0. The van der Waals surface area contributed by atoms with Gasteiger partial charge in [-0.15, -0.1) is 0 Å². The van der Waals surface area contributed by atoms with Crippen molar-refractivity contribution in [2.75, 3.05) is 0 Å². The standard InChI is InChI=1S/C11H15I/c1-4-8(2)10-5-6-11(12)9(3)7-10/h5-8H,4H2,1-3H3/t8-/m1/s1. The van der Waals surface area contributed by atoms with Gasteiger partial charge in [0, 0.05) is 3.57 Å². The summed E-state index contributed by atoms with van der Waals surface area (Å²) < 4.78 is 1.36. The highest BCUT2D eigenvalue weighted by Crippen LogP contribution is 2.21. The minimum atomic E-state index is 0.695. The molecule has 1 rings (SSSR count). The third kappa shape index (κ3) is 2.22. The fourth-order valence-corrected chi connectivity index (χ4v) is 1.55. The first-order valence-corrected chi connectivity index (χ1v) is 5.49. The lowest BCUT2D eigenvalue weighted by Gasteiger charge is -2.10. The first-order chi connectivity index (χ1) is 5.65. The van der Waals surface area contributed by atoms with E-state index in [0.717, 1.165) is 0 Å². The molecule has 0 saturated carbocycles. The van der Waals surface area contributed by atoms with Crippen LogP contribution in [0.4, 0.5) is 0 Å². The molecule has 1 aromatic carbocycles. The molecule has 12 heavy (non-hydrogen) atoms. The lowest BCUT2D eigenvalue weighted by Crippen LogP contribution is -1.92. The van der Waals surface area contributed by atoms with E-state index in [1.165, 1.54) is 21.1 Å². The summed E-state index contributed by atoms with van der Waals surface area (Å²) in [5.41, 5.74) is 2.86. The van der Waals surface area contributed by atoms with Gasteiger partial charge in [0.1, 0.15) is 0 Å². The zero-order valence-corrected chi connectivity index (χ0v) is 10.1. The first-order valence-electron chi connectivity index (χ1n) is 4.41. The van der Waals surface area contributed by atoms with Gasteiger partial charge in [-0.1, -0.05) is 26.0 Å². The van der Waals surface area contributed by atoms with Gasteiger partial charge >= 0.3 is 0 Å². The molecule has 0 radical (unpaired) electrons. The van der Waals surface area contributed by atoms with Crippen LogP contribution in [0.5, 0.6) is 0 Å². The zero-order valence-electron chi connectivity index (χ0n) is 7.89. The minimum Gasteiger partial charge on any atom is -0.0648 e. The van der Waals surface area contributed by atoms with Gasteiger partial charge in [-0.2, -0.15) is 0 Å². The summed E-state index contributed by atoms with van der Waals surface area (Å²) in [7, 11) is 0. The fraction of sp³-hybridized carbons (Fsp3) is 0.455. The van der Waals surface area contributed by atoms with E-state index in [9.17, 15) is 0 Å². The Bertz CT molecular complexity index is 266. The van der Waals surface area contributed by atoms with Gasteiger partial charge in [0.2, 0.25) is 0 Å². The Kier molecular flexibility index (Phi) is 3.56. The molecular weight excluding hydrogens is 259 g/mol. The summed E-state index contributed by atoms with van der Waals surface area (Å²) in [6.07, 6.45) is 1.22. The molecule has 0 aliphatic heterocycles. The molecule has 0 bridgehead atoms. The van der Waals surface area contributed by atoms with Gasteiger partial charge < -0.3 is 0 Å². The second-order valence-electron chi connectivity index (χ2n) is 3.32. The number of hydrogen-bond acceptors (Lipinski definition) is 0. The molecule has 0 fully saturated rings. The van der Waals surface area contributed by atoms with Crippen molar-refractivity contribution in [1.82, 2.24) is 0 Å². The maximum absolute atomic E-state index is 2.38. The molecule has 66 valence electrons. The van der Waals surface area contributed by atoms with Gasteiger partial charge in [0.05, 0.1) is 0 Å². The summed E-state index contributed by atoms with van der Waals surface area (Å²) in [5.74, 6) is 0.695. The molecule has 0 saturated heterocycles. The van der Waals surface area contributed by atoms with Crippen molar-refractivity contribution in [2.45, 2.75) is 33.1 Å². The maximum atomic E-state index is 2.38. The molecule has 0 aliphatic carbocycles. The molecular formula is C11H15I. The molecule has 0 aromatic heterocycles. The Morgan fingerprint density at radius 1 is 1.42 bits per heavy atom. The SMILES string of the molecule is CC[C@@H](C)c1ccc(I)c(C)c1. The number of benzene rings is 1. The van der Waals surface area contributed by atoms with Crippen LogP contribution in [0, 0.1) is 10.5 Å². The predicted molar refractivity (Wildman–Crippen MR) is 62.6 cm³/mol. The van der Waals surface area contributed by atoms with Crippen molar-refractivity contribution >= 4 is 22.6 Å². The van der Waals surface area contributed by atoms with E-state index in [0.29, 0.717) is 5.92 Å². The molecule has 1 atom stereocenters. The molecule has 0 heterocycles. The third-order valence-electron chi connectivity index (χ3n) is 2.36. The number of rotatable bonds is 2. The number of hydrogen-bond donors (Lipinski definition) is 0. The number of halogens is 1. The molecule has 0 aliphatic rings. The normalized spacial score (nSPS) is 13.0. The average Bonchev–Trinajstić information content (AvgIpc) is 2.08. The second kappa shape index (κ2) is 4.26. The predicted octanol–water partition coefficient (Wildman–Crippen LogP) is 4.11. The van der Waals surface area contributed by atoms with E-state index in [1.807, 2.05) is 0 Å². The van der Waals surface area contributed by atoms with Gasteiger partial charge in [-0.25, -0.2) is 0 Å². The van der Waals surface area contributed by atoms with E-state index < -0.39 is 0 Å². The van der Waals surface area contributed by atoms with Crippen LogP contribution in [0.1, 0.15) is 37.3 Å². The van der Waals surface area contributed by atoms with Crippen LogP contribution in [-0.2, 0) is 0 Å². The molecule has 0 N–H and O–H groups in total. The summed E-state index contributed by atoms with van der Waals surface area (Å²) in [5, 5.41) is 0. The van der Waals surface area contributed by atoms with Crippen molar-refractivity contribution in [3.63, 3.8) is 0 Å². The summed E-state index contributed by atoms with van der Waals surface area (Å²) >= 11 is 2.38. The lowest BCUT2D eigenvalue weighted by molar-refractivity contribution is 0.732. The topological polar surface area (TPSA) is 0 Å². The van der Waals surface area contributed by atoms with Crippen LogP contribution in [-0.4, -0.2) is 0 Å². The van der Waals surface area contributed by atoms with E-state index in [4.69, 9.17) is 0 Å². The lowest BCUT2D eigenvalue weighted by atomic mass is 9.97. The molecule has 1 aromatic rings. The van der Waals surface area contributed by atoms with Gasteiger partial charge in [-0.3, -0.25) is 0 Å². The van der Waals surface area contributed by atoms with E-state index >= 15 is 0 Å². The molecule has 0 spiro atoms. The van der Waals surface area contributed by atoms with Crippen LogP contribution < -0.4 is 0 Å². The van der Waals surface area contributed by atoms with Crippen LogP contribution in [0.15, 0.2) is 18.2 Å². The third-order valence-corrected chi connectivity index (χ3v) is 3.57. The monoisotopic (exact) mass is 274 g/mol. The second-order valence-corrected chi connectivity index (χ2v) is 4.48. The Balaban J connectivity index is 2.96. The quantitative estimate of drug-likeness (QED) is 0.712. The molecule has 0 nitrogen and oxygen atoms in total. The Morgan fingerprint density at radius 2 is 2.08 bits per heavy atom. The molecule has 1 heteroatoms. The van der Waals surface area contributed by atoms with Crippen molar-refractivity contribution < 1.29 is 0 Å². The number of aryl methyl sites for hydroxylation is 1. The highest BCUT2D eigenvalue weighted by Gasteiger charge is 2.03. The summed E-state index contributed by atoms with van der Waals surface area (Å²) in [6, 6.07) is 6.75. The minimum absolute atomic E-state index is 0.695. The van der Waals surface area contributed by atoms with E-state index in [1.54, 1.807) is 0 Å². The highest BCUT2D eigenvalue weighted by molar-refractivity contribution is 14.1. The molecule has 0 unspecified atom stereocenters. The van der Waals surface area contributed by atoms with Crippen LogP contribution in [0.2, 0.25) is 0 Å². The van der Waals surface area contributed by atoms with Crippen molar-refractivity contribution in [1.29, 1.82) is 0 Å². The van der Waals surface area contributed by atoms with Gasteiger partial charge in [0.15, 0.2) is 0 Å². The fourth-order valence-electron chi connectivity index (χ4n) is 1.21. The Labute approximate surface area is 88.5 Å². The Morgan fingerprint density at radius 3 is 2.58 bits per heavy atom. The van der Waals surface area contributed by atoms with Crippen LogP contribution in [0.25, 0.3) is 0 Å². The zero-order chi connectivity index (χ0) is 9.14. The van der Waals surface area contributed by atoms with E-state index in [2.05, 4.69) is 61.6 Å². The summed E-state index contributed by atoms with van der Waals surface area (Å²) in [4.78, 5) is 0. The molecule has 0 amide bonds. The maximum Gasteiger partial charge on any atom is 0.0159 e. The van der Waals surface area contributed by atoms with Crippen LogP contribution >= 0.6 is 22.6 Å². The van der Waals surface area contributed by atoms with Gasteiger partial charge in [-0.05, 0) is 59.0 Å². The largest absolute Gasteiger partial charge is 0.0648 e. The van der Waals surface area contributed by atoms with Crippen molar-refractivity contribution in [2.24, 2.45) is 0 Å². The highest BCUT2D eigenvalue weighted by atomic mass is 127. The van der Waals surface area contributed by atoms with Crippen LogP contribution in [0.3, 0.4) is 0 Å². The average molecular weight is 274 g/mol. The summed E-state index contributed by atoms with van der Waals surface area (Å²) in [6.45, 7) is 6.69. The van der Waals surface area contributed by atoms with Crippen molar-refractivity contribution in [3.8, 4) is 0 Å². The Hall–Kier alpha value is -0.0500. The van der Waals surface area contributed by atoms with Crippen molar-refractivity contribution in [3.05, 3.63) is 32.9 Å². The smallest absolute Gasteiger partial charge is 0.0159 e.